The fraction of sp³-hybridized carbons (Fsp3) is 0.500. The molecule has 0 atom stereocenters. The number of nitrogens with one attached hydrogen (secondary N) is 1. The van der Waals surface area contributed by atoms with Gasteiger partial charge in [0.05, 0.1) is 11.4 Å². The van der Waals surface area contributed by atoms with Crippen LogP contribution in [0.5, 0.6) is 0 Å². The van der Waals surface area contributed by atoms with Crippen LogP contribution in [0.15, 0.2) is 0 Å². The van der Waals surface area contributed by atoms with E-state index >= 15 is 0 Å². The molecule has 3 nitrogen and oxygen atoms in total. The first kappa shape index (κ1) is 6.73. The Balaban J connectivity index is 2.64. The highest BCUT2D eigenvalue weighted by molar-refractivity contribution is 5.34. The predicted molar refractivity (Wildman–Crippen MR) is 42.0 cm³/mol. The Kier molecular flexibility index (Phi) is 1.39. The van der Waals surface area contributed by atoms with E-state index in [1.54, 1.807) is 0 Å². The minimum atomic E-state index is 0.956. The van der Waals surface area contributed by atoms with Gasteiger partial charge in [0.1, 0.15) is 0 Å². The minimum Gasteiger partial charge on any atom is -0.308 e. The molecule has 11 heavy (non-hydrogen) atoms. The molecule has 0 radical (unpaired) electrons. The summed E-state index contributed by atoms with van der Waals surface area (Å²) >= 11 is 0. The van der Waals surface area contributed by atoms with Crippen LogP contribution in [-0.4, -0.2) is 10.2 Å². The zero-order valence-electron chi connectivity index (χ0n) is 6.81. The molecule has 0 unspecified atom stereocenters. The molecule has 0 saturated heterocycles. The van der Waals surface area contributed by atoms with E-state index in [1.165, 1.54) is 11.1 Å². The van der Waals surface area contributed by atoms with Gasteiger partial charge >= 0.3 is 0 Å². The largest absolute Gasteiger partial charge is 0.308 e. The lowest BCUT2D eigenvalue weighted by Gasteiger charge is -2.02. The molecular weight excluding hydrogens is 138 g/mol. The van der Waals surface area contributed by atoms with E-state index in [-0.39, 0.29) is 0 Å². The first-order valence-corrected chi connectivity index (χ1v) is 3.81. The van der Waals surface area contributed by atoms with E-state index in [9.17, 15) is 0 Å². The number of aromatic nitrogens is 2. The fourth-order valence-corrected chi connectivity index (χ4v) is 1.49. The number of aryl methyl sites for hydroxylation is 2. The summed E-state index contributed by atoms with van der Waals surface area (Å²) in [5, 5.41) is 11.4. The number of hydrogen-bond acceptors (Lipinski definition) is 3. The van der Waals surface area contributed by atoms with Crippen molar-refractivity contribution in [3.63, 3.8) is 0 Å². The second kappa shape index (κ2) is 2.27. The van der Waals surface area contributed by atoms with Crippen molar-refractivity contribution >= 4 is 0 Å². The molecule has 1 aromatic rings. The van der Waals surface area contributed by atoms with Gasteiger partial charge in [-0.1, -0.05) is 0 Å². The van der Waals surface area contributed by atoms with Crippen LogP contribution in [0.4, 0.5) is 0 Å². The maximum atomic E-state index is 4.06. The topological polar surface area (TPSA) is 37.8 Å². The summed E-state index contributed by atoms with van der Waals surface area (Å²) in [7, 11) is 0. The Hall–Kier alpha value is -0.960. The molecule has 1 aliphatic heterocycles. The Morgan fingerprint density at radius 3 is 1.91 bits per heavy atom. The molecule has 1 N–H and O–H groups in total. The van der Waals surface area contributed by atoms with Gasteiger partial charge in [0, 0.05) is 13.1 Å². The summed E-state index contributed by atoms with van der Waals surface area (Å²) in [6.45, 7) is 5.94. The van der Waals surface area contributed by atoms with Crippen molar-refractivity contribution in [1.82, 2.24) is 15.5 Å². The quantitative estimate of drug-likeness (QED) is 0.590. The number of hydrogen-bond donors (Lipinski definition) is 1. The zero-order valence-corrected chi connectivity index (χ0v) is 6.81. The van der Waals surface area contributed by atoms with Crippen LogP contribution in [0.1, 0.15) is 22.5 Å². The SMILES string of the molecule is Cc1nnc(C)c2c1CNC2. The van der Waals surface area contributed by atoms with Crippen LogP contribution in [0.3, 0.4) is 0 Å². The lowest BCUT2D eigenvalue weighted by atomic mass is 10.1. The molecule has 1 aliphatic rings. The molecule has 1 aromatic heterocycles. The third-order valence-corrected chi connectivity index (χ3v) is 2.19. The van der Waals surface area contributed by atoms with Gasteiger partial charge in [-0.3, -0.25) is 0 Å². The highest BCUT2D eigenvalue weighted by Crippen LogP contribution is 2.18. The standard InChI is InChI=1S/C8H11N3/c1-5-7-3-9-4-8(7)6(2)11-10-5/h9H,3-4H2,1-2H3. The maximum absolute atomic E-state index is 4.06. The molecule has 0 bridgehead atoms. The van der Waals surface area contributed by atoms with Gasteiger partial charge in [-0.15, -0.1) is 0 Å². The summed E-state index contributed by atoms with van der Waals surface area (Å²) in [4.78, 5) is 0. The number of rotatable bonds is 0. The minimum absolute atomic E-state index is 0.956. The van der Waals surface area contributed by atoms with Crippen LogP contribution < -0.4 is 5.32 Å². The second-order valence-corrected chi connectivity index (χ2v) is 2.93. The summed E-state index contributed by atoms with van der Waals surface area (Å²) in [5.74, 6) is 0. The Bertz CT molecular complexity index is 265. The van der Waals surface area contributed by atoms with Gasteiger partial charge in [0.15, 0.2) is 0 Å². The maximum Gasteiger partial charge on any atom is 0.0648 e. The van der Waals surface area contributed by atoms with Gasteiger partial charge in [-0.25, -0.2) is 0 Å². The van der Waals surface area contributed by atoms with Crippen LogP contribution in [0.2, 0.25) is 0 Å². The van der Waals surface area contributed by atoms with Crippen LogP contribution >= 0.6 is 0 Å². The first-order chi connectivity index (χ1) is 5.29. The highest BCUT2D eigenvalue weighted by Gasteiger charge is 2.15. The van der Waals surface area contributed by atoms with Crippen molar-refractivity contribution in [2.75, 3.05) is 0 Å². The smallest absolute Gasteiger partial charge is 0.0648 e. The van der Waals surface area contributed by atoms with Crippen molar-refractivity contribution < 1.29 is 0 Å². The van der Waals surface area contributed by atoms with Crippen molar-refractivity contribution in [3.8, 4) is 0 Å². The van der Waals surface area contributed by atoms with Crippen LogP contribution in [-0.2, 0) is 13.1 Å². The van der Waals surface area contributed by atoms with E-state index in [4.69, 9.17) is 0 Å². The molecule has 0 fully saturated rings. The average molecular weight is 149 g/mol. The van der Waals surface area contributed by atoms with Crippen molar-refractivity contribution in [2.45, 2.75) is 26.9 Å². The molecule has 2 heterocycles. The molecule has 0 saturated carbocycles. The molecule has 0 spiro atoms. The van der Waals surface area contributed by atoms with Crippen LogP contribution in [0, 0.1) is 13.8 Å². The summed E-state index contributed by atoms with van der Waals surface area (Å²) in [5.41, 5.74) is 4.82. The molecule has 3 heteroatoms. The summed E-state index contributed by atoms with van der Waals surface area (Å²) in [6, 6.07) is 0. The highest BCUT2D eigenvalue weighted by atomic mass is 15.1. The molecule has 0 aromatic carbocycles. The lowest BCUT2D eigenvalue weighted by Crippen LogP contribution is -2.00. The number of fused-ring (bicyclic) bond motifs is 1. The molecule has 58 valence electrons. The van der Waals surface area contributed by atoms with Gasteiger partial charge < -0.3 is 5.32 Å². The van der Waals surface area contributed by atoms with Gasteiger partial charge in [0.2, 0.25) is 0 Å². The van der Waals surface area contributed by atoms with E-state index in [0.29, 0.717) is 0 Å². The van der Waals surface area contributed by atoms with Gasteiger partial charge in [-0.2, -0.15) is 10.2 Å². The third-order valence-electron chi connectivity index (χ3n) is 2.19. The zero-order chi connectivity index (χ0) is 7.84. The van der Waals surface area contributed by atoms with E-state index in [0.717, 1.165) is 24.5 Å². The second-order valence-electron chi connectivity index (χ2n) is 2.93. The lowest BCUT2D eigenvalue weighted by molar-refractivity contribution is 0.761. The molecule has 2 rings (SSSR count). The van der Waals surface area contributed by atoms with Crippen molar-refractivity contribution in [3.05, 3.63) is 22.5 Å². The average Bonchev–Trinajstić information content (AvgIpc) is 2.45. The Morgan fingerprint density at radius 1 is 1.00 bits per heavy atom. The monoisotopic (exact) mass is 149 g/mol. The van der Waals surface area contributed by atoms with E-state index in [1.807, 2.05) is 13.8 Å². The summed E-state index contributed by atoms with van der Waals surface area (Å²) in [6.07, 6.45) is 0. The van der Waals surface area contributed by atoms with E-state index < -0.39 is 0 Å². The number of nitrogens with zero attached hydrogens (tertiary/aromatic N) is 2. The van der Waals surface area contributed by atoms with Crippen LogP contribution in [0.25, 0.3) is 0 Å². The fourth-order valence-electron chi connectivity index (χ4n) is 1.49. The van der Waals surface area contributed by atoms with Gasteiger partial charge in [0.25, 0.3) is 0 Å². The third kappa shape index (κ3) is 0.922. The van der Waals surface area contributed by atoms with E-state index in [2.05, 4.69) is 15.5 Å². The Labute approximate surface area is 65.8 Å². The Morgan fingerprint density at radius 2 is 1.45 bits per heavy atom. The summed E-state index contributed by atoms with van der Waals surface area (Å²) < 4.78 is 0. The first-order valence-electron chi connectivity index (χ1n) is 3.81. The molecule has 0 amide bonds. The normalized spacial score (nSPS) is 15.1. The molecular formula is C8H11N3. The molecule has 0 aliphatic carbocycles. The van der Waals surface area contributed by atoms with Crippen molar-refractivity contribution in [2.24, 2.45) is 0 Å². The van der Waals surface area contributed by atoms with Gasteiger partial charge in [-0.05, 0) is 25.0 Å². The predicted octanol–water partition coefficient (Wildman–Crippen LogP) is 0.697. The van der Waals surface area contributed by atoms with Crippen molar-refractivity contribution in [1.29, 1.82) is 0 Å².